The monoisotopic (exact) mass is 449 g/mol. The third-order valence-electron chi connectivity index (χ3n) is 5.04. The van der Waals surface area contributed by atoms with Gasteiger partial charge in [0, 0.05) is 25.9 Å². The van der Waals surface area contributed by atoms with E-state index in [1.165, 1.54) is 6.92 Å². The van der Waals surface area contributed by atoms with Crippen molar-refractivity contribution in [2.75, 3.05) is 13.1 Å². The summed E-state index contributed by atoms with van der Waals surface area (Å²) in [5.74, 6) is -1.01. The van der Waals surface area contributed by atoms with Crippen LogP contribution in [0.1, 0.15) is 30.9 Å². The van der Waals surface area contributed by atoms with Gasteiger partial charge in [-0.25, -0.2) is 5.43 Å². The third kappa shape index (κ3) is 5.20. The van der Waals surface area contributed by atoms with Crippen LogP contribution in [0.4, 0.5) is 32.0 Å². The minimum Gasteiger partial charge on any atom is -0.343 e. The Balaban J connectivity index is 1.84. The topological polar surface area (TPSA) is 86.5 Å². The summed E-state index contributed by atoms with van der Waals surface area (Å²) in [7, 11) is 0. The summed E-state index contributed by atoms with van der Waals surface area (Å²) in [5.41, 5.74) is -1.24. The van der Waals surface area contributed by atoms with Gasteiger partial charge in [-0.05, 0) is 31.0 Å². The zero-order valence-electron chi connectivity index (χ0n) is 16.1. The number of nitrogens with zero attached hydrogens (tertiary/aromatic N) is 4. The summed E-state index contributed by atoms with van der Waals surface area (Å²) < 4.78 is 77.9. The Morgan fingerprint density at radius 1 is 1.06 bits per heavy atom. The first-order chi connectivity index (χ1) is 14.4. The molecule has 1 aromatic rings. The van der Waals surface area contributed by atoms with Crippen molar-refractivity contribution in [2.45, 2.75) is 38.2 Å². The van der Waals surface area contributed by atoms with Crippen LogP contribution in [0.3, 0.4) is 0 Å². The molecule has 1 unspecified atom stereocenters. The van der Waals surface area contributed by atoms with E-state index in [2.05, 4.69) is 20.8 Å². The minimum absolute atomic E-state index is 0.0169. The normalized spacial score (nSPS) is 20.9. The van der Waals surface area contributed by atoms with E-state index in [0.29, 0.717) is 43.8 Å². The molecule has 0 aliphatic carbocycles. The molecule has 1 N–H and O–H groups in total. The summed E-state index contributed by atoms with van der Waals surface area (Å²) in [5, 5.41) is 11.1. The van der Waals surface area contributed by atoms with E-state index in [0.717, 1.165) is 0 Å². The average Bonchev–Trinajstić information content (AvgIpc) is 3.05. The summed E-state index contributed by atoms with van der Waals surface area (Å²) in [6.45, 7) is 2.29. The lowest BCUT2D eigenvalue weighted by molar-refractivity contribution is -0.143. The van der Waals surface area contributed by atoms with Crippen molar-refractivity contribution < 1.29 is 35.9 Å². The lowest BCUT2D eigenvalue weighted by Crippen LogP contribution is -2.41. The zero-order chi connectivity index (χ0) is 23.0. The van der Waals surface area contributed by atoms with Gasteiger partial charge in [0.15, 0.2) is 6.04 Å². The third-order valence-corrected chi connectivity index (χ3v) is 5.04. The van der Waals surface area contributed by atoms with Crippen LogP contribution in [0.15, 0.2) is 33.5 Å². The molecule has 31 heavy (non-hydrogen) atoms. The predicted molar refractivity (Wildman–Crippen MR) is 95.3 cm³/mol. The number of carbonyl (C=O) groups excluding carboxylic acids is 2. The van der Waals surface area contributed by atoms with Crippen molar-refractivity contribution >= 4 is 23.2 Å². The Morgan fingerprint density at radius 3 is 2.10 bits per heavy atom. The van der Waals surface area contributed by atoms with Crippen molar-refractivity contribution in [1.29, 1.82) is 0 Å². The van der Waals surface area contributed by atoms with Crippen LogP contribution in [0.5, 0.6) is 0 Å². The smallest absolute Gasteiger partial charge is 0.343 e. The fourth-order valence-corrected chi connectivity index (χ4v) is 3.41. The molecule has 1 saturated heterocycles. The first kappa shape index (κ1) is 22.7. The molecule has 2 aliphatic rings. The summed E-state index contributed by atoms with van der Waals surface area (Å²) in [6, 6.07) is -0.434. The maximum atomic E-state index is 13.0. The number of hydrazone groups is 1. The van der Waals surface area contributed by atoms with E-state index in [1.54, 1.807) is 4.90 Å². The van der Waals surface area contributed by atoms with E-state index in [1.807, 2.05) is 0 Å². The Kier molecular flexibility index (Phi) is 6.05. The number of carbonyl (C=O) groups is 2. The number of hydrogen-bond acceptors (Lipinski definition) is 5. The molecule has 0 spiro atoms. The van der Waals surface area contributed by atoms with Gasteiger partial charge in [-0.3, -0.25) is 9.59 Å². The van der Waals surface area contributed by atoms with Crippen LogP contribution in [-0.4, -0.2) is 41.6 Å². The molecular weight excluding hydrogens is 432 g/mol. The van der Waals surface area contributed by atoms with E-state index < -0.39 is 41.1 Å². The molecule has 7 nitrogen and oxygen atoms in total. The largest absolute Gasteiger partial charge is 0.416 e. The van der Waals surface area contributed by atoms with Gasteiger partial charge in [-0.15, -0.1) is 0 Å². The summed E-state index contributed by atoms with van der Waals surface area (Å²) >= 11 is 0. The van der Waals surface area contributed by atoms with E-state index >= 15 is 0 Å². The lowest BCUT2D eigenvalue weighted by Gasteiger charge is -2.31. The van der Waals surface area contributed by atoms with Crippen LogP contribution in [0.2, 0.25) is 0 Å². The number of halogens is 6. The van der Waals surface area contributed by atoms with Gasteiger partial charge in [0.1, 0.15) is 0 Å². The van der Waals surface area contributed by atoms with Gasteiger partial charge < -0.3 is 4.90 Å². The SMILES string of the molecule is CC(=O)N1CCC(C2=NNC(=O)C2N=Nc2cc(C(F)(F)F)cc(C(F)(F)F)c2)CC1. The van der Waals surface area contributed by atoms with Gasteiger partial charge in [0.25, 0.3) is 5.91 Å². The van der Waals surface area contributed by atoms with Crippen LogP contribution in [0.25, 0.3) is 0 Å². The number of piperidine rings is 1. The standard InChI is InChI=1S/C18H17F6N5O2/c1-9(30)29-4-2-10(3-5-29)14-15(16(31)28-26-14)27-25-13-7-11(17(19,20)21)6-12(8-13)18(22,23)24/h6-8,10,15H,2-5H2,1H3,(H,28,31). The molecule has 2 heterocycles. The first-order valence-corrected chi connectivity index (χ1v) is 9.19. The summed E-state index contributed by atoms with van der Waals surface area (Å²) in [6.07, 6.45) is -9.07. The quantitative estimate of drug-likeness (QED) is 0.560. The van der Waals surface area contributed by atoms with Crippen molar-refractivity contribution in [2.24, 2.45) is 21.2 Å². The van der Waals surface area contributed by atoms with E-state index in [-0.39, 0.29) is 17.9 Å². The molecule has 0 bridgehead atoms. The number of likely N-dealkylation sites (tertiary alicyclic amines) is 1. The second kappa shape index (κ2) is 8.27. The molecule has 13 heteroatoms. The van der Waals surface area contributed by atoms with Crippen LogP contribution < -0.4 is 5.43 Å². The van der Waals surface area contributed by atoms with Crippen LogP contribution in [0, 0.1) is 5.92 Å². The van der Waals surface area contributed by atoms with Crippen molar-refractivity contribution in [3.63, 3.8) is 0 Å². The molecule has 168 valence electrons. The van der Waals surface area contributed by atoms with Crippen molar-refractivity contribution in [3.8, 4) is 0 Å². The molecule has 1 fully saturated rings. The number of azo groups is 1. The molecule has 1 aromatic carbocycles. The Morgan fingerprint density at radius 2 is 1.61 bits per heavy atom. The maximum absolute atomic E-state index is 13.0. The van der Waals surface area contributed by atoms with Crippen molar-refractivity contribution in [1.82, 2.24) is 10.3 Å². The first-order valence-electron chi connectivity index (χ1n) is 9.19. The fourth-order valence-electron chi connectivity index (χ4n) is 3.41. The van der Waals surface area contributed by atoms with Crippen LogP contribution in [-0.2, 0) is 21.9 Å². The molecular formula is C18H17F6N5O2. The molecule has 2 aliphatic heterocycles. The lowest BCUT2D eigenvalue weighted by atomic mass is 9.88. The van der Waals surface area contributed by atoms with E-state index in [9.17, 15) is 35.9 Å². The summed E-state index contributed by atoms with van der Waals surface area (Å²) in [4.78, 5) is 25.1. The molecule has 0 saturated carbocycles. The number of rotatable bonds is 3. The number of alkyl halides is 6. The predicted octanol–water partition coefficient (Wildman–Crippen LogP) is 3.92. The van der Waals surface area contributed by atoms with Crippen molar-refractivity contribution in [3.05, 3.63) is 29.3 Å². The average molecular weight is 449 g/mol. The van der Waals surface area contributed by atoms with Gasteiger partial charge in [-0.2, -0.15) is 41.7 Å². The zero-order valence-corrected chi connectivity index (χ0v) is 16.1. The number of amides is 2. The minimum atomic E-state index is -5.02. The second-order valence-electron chi connectivity index (χ2n) is 7.18. The fraction of sp³-hybridized carbons (Fsp3) is 0.500. The highest BCUT2D eigenvalue weighted by atomic mass is 19.4. The Hall–Kier alpha value is -2.99. The van der Waals surface area contributed by atoms with Gasteiger partial charge in [0.2, 0.25) is 5.91 Å². The molecule has 1 atom stereocenters. The molecule has 0 radical (unpaired) electrons. The molecule has 3 rings (SSSR count). The Labute approximate surface area is 172 Å². The number of nitrogens with one attached hydrogen (secondary N) is 1. The molecule has 2 amide bonds. The highest BCUT2D eigenvalue weighted by molar-refractivity contribution is 6.12. The highest BCUT2D eigenvalue weighted by Crippen LogP contribution is 2.38. The number of hydrogen-bond donors (Lipinski definition) is 1. The highest BCUT2D eigenvalue weighted by Gasteiger charge is 2.38. The Bertz CT molecular complexity index is 900. The van der Waals surface area contributed by atoms with E-state index in [4.69, 9.17) is 0 Å². The van der Waals surface area contributed by atoms with Gasteiger partial charge in [-0.1, -0.05) is 0 Å². The second-order valence-corrected chi connectivity index (χ2v) is 7.18. The van der Waals surface area contributed by atoms with Gasteiger partial charge in [0.05, 0.1) is 22.5 Å². The number of benzene rings is 1. The van der Waals surface area contributed by atoms with Gasteiger partial charge >= 0.3 is 12.4 Å². The molecule has 0 aromatic heterocycles. The van der Waals surface area contributed by atoms with Crippen LogP contribution >= 0.6 is 0 Å². The maximum Gasteiger partial charge on any atom is 0.416 e.